The molecular weight excluding hydrogens is 508 g/mol. The van der Waals surface area contributed by atoms with Gasteiger partial charge in [-0.25, -0.2) is 0 Å². The zero-order valence-corrected chi connectivity index (χ0v) is 25.3. The largest absolute Gasteiger partial charge is 0.383 e. The molecule has 2 aliphatic carbocycles. The highest BCUT2D eigenvalue weighted by Gasteiger charge is 2.49. The molecule has 41 heavy (non-hydrogen) atoms. The molecule has 2 heterocycles. The summed E-state index contributed by atoms with van der Waals surface area (Å²) in [6.07, 6.45) is 4.82. The molecule has 6 rings (SSSR count). The quantitative estimate of drug-likeness (QED) is 0.322. The molecule has 0 unspecified atom stereocenters. The highest BCUT2D eigenvalue weighted by molar-refractivity contribution is 6.08. The summed E-state index contributed by atoms with van der Waals surface area (Å²) in [5.41, 5.74) is 8.21. The summed E-state index contributed by atoms with van der Waals surface area (Å²) < 4.78 is 7.84. The van der Waals surface area contributed by atoms with E-state index in [0.29, 0.717) is 26.0 Å². The molecule has 1 aromatic heterocycles. The second-order valence-electron chi connectivity index (χ2n) is 13.9. The Balaban J connectivity index is 1.60. The van der Waals surface area contributed by atoms with Crippen molar-refractivity contribution in [3.05, 3.63) is 94.0 Å². The van der Waals surface area contributed by atoms with Gasteiger partial charge in [0.2, 0.25) is 0 Å². The molecule has 0 bridgehead atoms. The molecule has 0 N–H and O–H groups in total. The van der Waals surface area contributed by atoms with Crippen molar-refractivity contribution in [3.63, 3.8) is 0 Å². The van der Waals surface area contributed by atoms with Crippen molar-refractivity contribution >= 4 is 22.5 Å². The molecule has 214 valence electrons. The Kier molecular flexibility index (Phi) is 6.85. The summed E-state index contributed by atoms with van der Waals surface area (Å²) >= 11 is 0. The Hall–Kier alpha value is -3.44. The summed E-state index contributed by atoms with van der Waals surface area (Å²) in [5.74, 6) is -0.0126. The van der Waals surface area contributed by atoms with Crippen LogP contribution in [0.4, 0.5) is 0 Å². The van der Waals surface area contributed by atoms with E-state index in [1.807, 2.05) is 0 Å². The molecular formula is C36H42N2O3. The van der Waals surface area contributed by atoms with Crippen LogP contribution < -0.4 is 0 Å². The lowest BCUT2D eigenvalue weighted by molar-refractivity contribution is -0.119. The van der Waals surface area contributed by atoms with Crippen LogP contribution in [0.25, 0.3) is 10.9 Å². The fourth-order valence-corrected chi connectivity index (χ4v) is 7.45. The predicted molar refractivity (Wildman–Crippen MR) is 164 cm³/mol. The molecule has 2 aromatic carbocycles. The Morgan fingerprint density at radius 2 is 1.49 bits per heavy atom. The lowest BCUT2D eigenvalue weighted by Crippen LogP contribution is -2.45. The van der Waals surface area contributed by atoms with Gasteiger partial charge in [0, 0.05) is 78.6 Å². The van der Waals surface area contributed by atoms with E-state index in [9.17, 15) is 9.59 Å². The Bertz CT molecular complexity index is 1560. The van der Waals surface area contributed by atoms with Crippen LogP contribution in [0.5, 0.6) is 0 Å². The summed E-state index contributed by atoms with van der Waals surface area (Å²) in [5, 5.41) is 1.12. The SMILES string of the molecule is COCCN1C2=C(C(=O)CC(C)(C)C2)C(c2cn(Cc3cccc(C)c3)c3ccccc23)C2=C1CC(C)(C)CC2=O. The fourth-order valence-electron chi connectivity index (χ4n) is 7.45. The van der Waals surface area contributed by atoms with Crippen molar-refractivity contribution in [1.29, 1.82) is 0 Å². The number of carbonyl (C=O) groups excluding carboxylic acids is 2. The number of fused-ring (bicyclic) bond motifs is 1. The zero-order valence-electron chi connectivity index (χ0n) is 25.3. The highest BCUT2D eigenvalue weighted by Crippen LogP contribution is 2.55. The number of methoxy groups -OCH3 is 1. The number of ketones is 2. The van der Waals surface area contributed by atoms with E-state index in [4.69, 9.17) is 4.74 Å². The summed E-state index contributed by atoms with van der Waals surface area (Å²) in [6.45, 7) is 12.8. The van der Waals surface area contributed by atoms with Gasteiger partial charge in [-0.1, -0.05) is 75.7 Å². The molecule has 0 atom stereocenters. The van der Waals surface area contributed by atoms with Crippen LogP contribution in [-0.2, 0) is 20.9 Å². The van der Waals surface area contributed by atoms with Gasteiger partial charge in [0.25, 0.3) is 0 Å². The maximum Gasteiger partial charge on any atom is 0.162 e. The molecule has 0 saturated heterocycles. The number of aryl methyl sites for hydroxylation is 1. The van der Waals surface area contributed by atoms with Crippen LogP contribution in [0.2, 0.25) is 0 Å². The van der Waals surface area contributed by atoms with Crippen LogP contribution in [0.15, 0.2) is 77.3 Å². The van der Waals surface area contributed by atoms with Crippen LogP contribution >= 0.6 is 0 Å². The number of ether oxygens (including phenoxy) is 1. The molecule has 0 radical (unpaired) electrons. The Morgan fingerprint density at radius 3 is 2.10 bits per heavy atom. The van der Waals surface area contributed by atoms with E-state index in [2.05, 4.69) is 98.8 Å². The van der Waals surface area contributed by atoms with Gasteiger partial charge < -0.3 is 14.2 Å². The maximum atomic E-state index is 14.2. The number of Topliss-reactive ketones (excluding diaryl/α,β-unsaturated/α-hetero) is 2. The number of rotatable bonds is 6. The Labute approximate surface area is 243 Å². The number of allylic oxidation sites excluding steroid dienone is 4. The number of carbonyl (C=O) groups is 2. The number of nitrogens with zero attached hydrogens (tertiary/aromatic N) is 2. The number of benzene rings is 2. The molecule has 5 nitrogen and oxygen atoms in total. The Morgan fingerprint density at radius 1 is 0.854 bits per heavy atom. The smallest absolute Gasteiger partial charge is 0.162 e. The van der Waals surface area contributed by atoms with Crippen molar-refractivity contribution in [2.45, 2.75) is 72.8 Å². The molecule has 3 aliphatic rings. The lowest BCUT2D eigenvalue weighted by atomic mass is 9.63. The van der Waals surface area contributed by atoms with Crippen molar-refractivity contribution in [3.8, 4) is 0 Å². The molecule has 5 heteroatoms. The van der Waals surface area contributed by atoms with Crippen LogP contribution in [0.3, 0.4) is 0 Å². The van der Waals surface area contributed by atoms with Gasteiger partial charge in [0.1, 0.15) is 0 Å². The second-order valence-corrected chi connectivity index (χ2v) is 13.9. The first-order chi connectivity index (χ1) is 19.5. The number of hydrogen-bond acceptors (Lipinski definition) is 4. The average Bonchev–Trinajstić information content (AvgIpc) is 3.24. The van der Waals surface area contributed by atoms with Gasteiger partial charge in [-0.15, -0.1) is 0 Å². The molecule has 0 amide bonds. The first kappa shape index (κ1) is 27.7. The summed E-state index contributed by atoms with van der Waals surface area (Å²) in [7, 11) is 1.71. The minimum Gasteiger partial charge on any atom is -0.383 e. The minimum atomic E-state index is -0.352. The second kappa shape index (κ2) is 10.1. The van der Waals surface area contributed by atoms with Gasteiger partial charge in [-0.05, 0) is 47.8 Å². The van der Waals surface area contributed by atoms with Crippen molar-refractivity contribution in [1.82, 2.24) is 9.47 Å². The third-order valence-corrected chi connectivity index (χ3v) is 9.11. The van der Waals surface area contributed by atoms with Gasteiger partial charge in [0.15, 0.2) is 11.6 Å². The maximum absolute atomic E-state index is 14.2. The minimum absolute atomic E-state index is 0.142. The summed E-state index contributed by atoms with van der Waals surface area (Å²) in [4.78, 5) is 30.6. The average molecular weight is 551 g/mol. The zero-order chi connectivity index (χ0) is 29.1. The first-order valence-electron chi connectivity index (χ1n) is 14.9. The molecule has 0 spiro atoms. The van der Waals surface area contributed by atoms with E-state index < -0.39 is 0 Å². The third kappa shape index (κ3) is 4.99. The molecule has 1 aliphatic heterocycles. The van der Waals surface area contributed by atoms with E-state index in [1.165, 1.54) is 11.1 Å². The normalized spacial score (nSPS) is 20.6. The molecule has 0 saturated carbocycles. The topological polar surface area (TPSA) is 51.5 Å². The van der Waals surface area contributed by atoms with Crippen molar-refractivity contribution in [2.75, 3.05) is 20.3 Å². The molecule has 3 aromatic rings. The first-order valence-corrected chi connectivity index (χ1v) is 14.9. The predicted octanol–water partition coefficient (Wildman–Crippen LogP) is 7.33. The number of aromatic nitrogens is 1. The summed E-state index contributed by atoms with van der Waals surface area (Å²) in [6, 6.07) is 17.1. The van der Waals surface area contributed by atoms with Crippen LogP contribution in [0.1, 0.15) is 76.0 Å². The van der Waals surface area contributed by atoms with Crippen molar-refractivity contribution in [2.24, 2.45) is 10.8 Å². The highest BCUT2D eigenvalue weighted by atomic mass is 16.5. The van der Waals surface area contributed by atoms with Crippen LogP contribution in [-0.4, -0.2) is 41.3 Å². The van der Waals surface area contributed by atoms with Crippen LogP contribution in [0, 0.1) is 17.8 Å². The van der Waals surface area contributed by atoms with E-state index in [1.54, 1.807) is 7.11 Å². The van der Waals surface area contributed by atoms with Gasteiger partial charge in [-0.3, -0.25) is 9.59 Å². The van der Waals surface area contributed by atoms with Gasteiger partial charge in [-0.2, -0.15) is 0 Å². The molecule has 0 fully saturated rings. The van der Waals surface area contributed by atoms with Gasteiger partial charge >= 0.3 is 0 Å². The monoisotopic (exact) mass is 550 g/mol. The van der Waals surface area contributed by atoms with Gasteiger partial charge in [0.05, 0.1) is 6.61 Å². The third-order valence-electron chi connectivity index (χ3n) is 9.11. The number of para-hydroxylation sites is 1. The van der Waals surface area contributed by atoms with Crippen molar-refractivity contribution < 1.29 is 14.3 Å². The van der Waals surface area contributed by atoms with E-state index >= 15 is 0 Å². The van der Waals surface area contributed by atoms with E-state index in [0.717, 1.165) is 58.4 Å². The standard InChI is InChI=1S/C36H42N2O3/c1-23-10-9-11-24(16-23)21-37-22-26(25-12-7-8-13-27(25)37)32-33-28(17-35(2,3)19-30(33)39)38(14-15-41-6)29-18-36(4,5)20-31(40)34(29)32/h7-13,16,22,32H,14-15,17-21H2,1-6H3. The fraction of sp³-hybridized carbons (Fsp3) is 0.444. The number of hydrogen-bond donors (Lipinski definition) is 0. The van der Waals surface area contributed by atoms with E-state index in [-0.39, 0.29) is 28.3 Å². The lowest BCUT2D eigenvalue weighted by Gasteiger charge is -2.49.